The smallest absolute Gasteiger partial charge is 0.136 e. The van der Waals surface area contributed by atoms with E-state index < -0.39 is 0 Å². The maximum atomic E-state index is 4.74. The Morgan fingerprint density at radius 2 is 1.20 bits per heavy atom. The summed E-state index contributed by atoms with van der Waals surface area (Å²) in [5, 5.41) is 0.976. The van der Waals surface area contributed by atoms with Gasteiger partial charge in [-0.25, -0.2) is 15.0 Å². The molecule has 266 valence electrons. The molecule has 0 aliphatic carbocycles. The molecule has 0 atom stereocenters. The molecule has 9 aromatic rings. The summed E-state index contributed by atoms with van der Waals surface area (Å²) in [5.41, 5.74) is 12.9. The first kappa shape index (κ1) is 34.2. The average molecular weight is 887 g/mol. The number of para-hydroxylation sites is 3. The zero-order valence-electron chi connectivity index (χ0n) is 29.4. The van der Waals surface area contributed by atoms with Crippen molar-refractivity contribution in [2.45, 2.75) is 0 Å². The Labute approximate surface area is 334 Å². The second-order valence-corrected chi connectivity index (χ2v) is 13.0. The Hall–Kier alpha value is -6.62. The van der Waals surface area contributed by atoms with Crippen LogP contribution in [-0.4, -0.2) is 19.5 Å². The predicted octanol–water partition coefficient (Wildman–Crippen LogP) is 11.0. The van der Waals surface area contributed by atoms with Gasteiger partial charge in [0, 0.05) is 44.3 Å². The van der Waals surface area contributed by atoms with Crippen molar-refractivity contribution in [3.8, 4) is 5.82 Å². The van der Waals surface area contributed by atoms with Crippen molar-refractivity contribution in [1.29, 1.82) is 0 Å². The summed E-state index contributed by atoms with van der Waals surface area (Å²) in [7, 11) is 0. The minimum absolute atomic E-state index is 0. The van der Waals surface area contributed by atoms with Gasteiger partial charge in [0.1, 0.15) is 12.1 Å². The molecule has 0 amide bonds. The van der Waals surface area contributed by atoms with E-state index in [-0.39, 0.29) is 21.1 Å². The van der Waals surface area contributed by atoms with E-state index in [1.54, 1.807) is 6.33 Å². The molecule has 6 nitrogen and oxygen atoms in total. The summed E-state index contributed by atoms with van der Waals surface area (Å²) >= 11 is 0. The quantitative estimate of drug-likeness (QED) is 0.118. The fraction of sp³-hybridized carbons (Fsp3) is 0. The normalized spacial score (nSPS) is 12.1. The van der Waals surface area contributed by atoms with Gasteiger partial charge in [0.15, 0.2) is 0 Å². The molecule has 0 unspecified atom stereocenters. The van der Waals surface area contributed by atoms with Crippen LogP contribution in [-0.2, 0) is 21.1 Å². The van der Waals surface area contributed by atoms with E-state index in [4.69, 9.17) is 9.97 Å². The summed E-state index contributed by atoms with van der Waals surface area (Å²) < 4.78 is 2.10. The molecule has 3 aromatic heterocycles. The topological polar surface area (TPSA) is 50.1 Å². The number of pyridine rings is 1. The third-order valence-corrected chi connectivity index (χ3v) is 9.83. The van der Waals surface area contributed by atoms with E-state index in [0.717, 1.165) is 83.9 Å². The average Bonchev–Trinajstić information content (AvgIpc) is 3.80. The Morgan fingerprint density at radius 3 is 1.91 bits per heavy atom. The monoisotopic (exact) mass is 886 g/mol. The zero-order chi connectivity index (χ0) is 35.8. The van der Waals surface area contributed by atoms with Crippen molar-refractivity contribution in [3.63, 3.8) is 0 Å². The molecule has 0 saturated carbocycles. The zero-order valence-corrected chi connectivity index (χ0v) is 31.7. The number of anilines is 4. The van der Waals surface area contributed by atoms with Gasteiger partial charge >= 0.3 is 0 Å². The van der Waals surface area contributed by atoms with E-state index in [1.807, 2.05) is 36.7 Å². The van der Waals surface area contributed by atoms with E-state index in [0.29, 0.717) is 0 Å². The van der Waals surface area contributed by atoms with E-state index in [1.165, 1.54) is 0 Å². The van der Waals surface area contributed by atoms with Gasteiger partial charge in [0.2, 0.25) is 0 Å². The van der Waals surface area contributed by atoms with Crippen molar-refractivity contribution in [1.82, 2.24) is 19.5 Å². The number of fused-ring (bicyclic) bond motifs is 4. The second kappa shape index (κ2) is 14.7. The van der Waals surface area contributed by atoms with Gasteiger partial charge in [-0.15, -0.1) is 65.8 Å². The molecule has 4 heterocycles. The third-order valence-electron chi connectivity index (χ3n) is 9.83. The molecule has 0 spiro atoms. The molecule has 7 heteroatoms. The van der Waals surface area contributed by atoms with Crippen LogP contribution >= 0.6 is 0 Å². The maximum Gasteiger partial charge on any atom is 0.136 e. The van der Waals surface area contributed by atoms with Gasteiger partial charge in [-0.1, -0.05) is 108 Å². The van der Waals surface area contributed by atoms with Crippen LogP contribution in [0.3, 0.4) is 0 Å². The van der Waals surface area contributed by atoms with Crippen molar-refractivity contribution in [2.75, 3.05) is 9.80 Å². The molecule has 0 N–H and O–H groups in total. The fourth-order valence-electron chi connectivity index (χ4n) is 7.45. The van der Waals surface area contributed by atoms with E-state index in [2.05, 4.69) is 178 Å². The molecular formula is C48H31N6Pt-3. The van der Waals surface area contributed by atoms with Crippen LogP contribution in [0.15, 0.2) is 183 Å². The molecule has 1 aliphatic heterocycles. The minimum Gasteiger partial charge on any atom is -0.488 e. The van der Waals surface area contributed by atoms with Crippen molar-refractivity contribution >= 4 is 55.8 Å². The summed E-state index contributed by atoms with van der Waals surface area (Å²) in [6, 6.07) is 64.5. The van der Waals surface area contributed by atoms with Crippen molar-refractivity contribution < 1.29 is 21.1 Å². The molecule has 10 rings (SSSR count). The van der Waals surface area contributed by atoms with Gasteiger partial charge in [-0.05, 0) is 58.6 Å². The SMILES string of the molecule is [Pt].[c-]1c(C(=C(c2ccccc2)c2ccccc2)c2[c-]c3c(cc2)c2ncncc2n3-c2ccccn2)cccc1N1[CH-]N(c2ccccc2)c2ccccc21. The molecule has 0 bridgehead atoms. The summed E-state index contributed by atoms with van der Waals surface area (Å²) in [5.74, 6) is 0.775. The molecule has 0 fully saturated rings. The molecule has 1 aliphatic rings. The largest absolute Gasteiger partial charge is 0.488 e. The first-order chi connectivity index (χ1) is 26.8. The summed E-state index contributed by atoms with van der Waals surface area (Å²) in [6.45, 7) is 2.15. The van der Waals surface area contributed by atoms with E-state index in [9.17, 15) is 0 Å². The summed E-state index contributed by atoms with van der Waals surface area (Å²) in [6.07, 6.45) is 5.25. The Balaban J connectivity index is 0.00000397. The van der Waals surface area contributed by atoms with Crippen molar-refractivity contribution in [2.24, 2.45) is 0 Å². The van der Waals surface area contributed by atoms with Crippen LogP contribution in [0, 0.1) is 18.8 Å². The second-order valence-electron chi connectivity index (χ2n) is 13.0. The Morgan fingerprint density at radius 1 is 0.545 bits per heavy atom. The molecule has 0 saturated heterocycles. The fourth-order valence-corrected chi connectivity index (χ4v) is 7.45. The van der Waals surface area contributed by atoms with Crippen molar-refractivity contribution in [3.05, 3.63) is 224 Å². The van der Waals surface area contributed by atoms with Gasteiger partial charge in [-0.2, -0.15) is 0 Å². The third kappa shape index (κ3) is 6.11. The molecule has 6 aromatic carbocycles. The molecular weight excluding hydrogens is 856 g/mol. The van der Waals surface area contributed by atoms with Gasteiger partial charge < -0.3 is 14.4 Å². The van der Waals surface area contributed by atoms with Crippen LogP contribution in [0.25, 0.3) is 38.9 Å². The number of hydrogen-bond donors (Lipinski definition) is 0. The van der Waals surface area contributed by atoms with Crippen LogP contribution < -0.4 is 9.80 Å². The first-order valence-corrected chi connectivity index (χ1v) is 17.9. The maximum absolute atomic E-state index is 4.74. The van der Waals surface area contributed by atoms with Gasteiger partial charge in [-0.3, -0.25) is 0 Å². The Bertz CT molecular complexity index is 2760. The number of benzene rings is 6. The predicted molar refractivity (Wildman–Crippen MR) is 218 cm³/mol. The van der Waals surface area contributed by atoms with Crippen LogP contribution in [0.5, 0.6) is 0 Å². The number of aromatic nitrogens is 4. The van der Waals surface area contributed by atoms with Crippen LogP contribution in [0.1, 0.15) is 22.3 Å². The number of hydrogen-bond acceptors (Lipinski definition) is 5. The standard InChI is InChI=1S/C48H31N6.Pt/c1-4-15-34(16-5-1)46(35-17-6-2-7-18-35)47(37-26-27-40-43(30-37)54(45-25-12-13-28-50-45)44-31-49-32-51-48(40)44)36-19-14-22-39(29-36)53-33-52(38-20-8-3-9-21-38)41-23-10-11-24-42(41)53;/h1-28,31-33H;/q-3;. The van der Waals surface area contributed by atoms with Crippen LogP contribution in [0.4, 0.5) is 22.7 Å². The van der Waals surface area contributed by atoms with Gasteiger partial charge in [0.05, 0.1) is 17.2 Å². The first-order valence-electron chi connectivity index (χ1n) is 17.9. The van der Waals surface area contributed by atoms with E-state index >= 15 is 0 Å². The number of nitrogens with zero attached hydrogens (tertiary/aromatic N) is 6. The summed E-state index contributed by atoms with van der Waals surface area (Å²) in [4.78, 5) is 18.3. The Kier molecular flexibility index (Phi) is 9.11. The van der Waals surface area contributed by atoms with Crippen LogP contribution in [0.2, 0.25) is 0 Å². The minimum atomic E-state index is 0. The van der Waals surface area contributed by atoms with Gasteiger partial charge in [0.25, 0.3) is 0 Å². The molecule has 55 heavy (non-hydrogen) atoms. The number of rotatable bonds is 7. The molecule has 0 radical (unpaired) electrons.